The second-order valence-electron chi connectivity index (χ2n) is 35.5. The van der Waals surface area contributed by atoms with Gasteiger partial charge in [-0.05, 0) is 247 Å². The zero-order valence-electron chi connectivity index (χ0n) is 81.7. The average molecular weight is 1930 g/mol. The Morgan fingerprint density at radius 3 is 0.739 bits per heavy atom. The summed E-state index contributed by atoms with van der Waals surface area (Å²) in [5.74, 6) is 0.369. The van der Waals surface area contributed by atoms with E-state index in [1.165, 1.54) is 42.1 Å². The highest BCUT2D eigenvalue weighted by Crippen LogP contribution is 2.42. The predicted octanol–water partition coefficient (Wildman–Crippen LogP) is 13.6. The average Bonchev–Trinajstić information content (AvgIpc) is 1.60. The number of carbonyl (C=O) groups excluding carboxylic acids is 12. The van der Waals surface area contributed by atoms with Gasteiger partial charge in [-0.1, -0.05) is 91.0 Å². The minimum Gasteiger partial charge on any atom is -0.493 e. The highest BCUT2D eigenvalue weighted by Gasteiger charge is 2.31. The Bertz CT molecular complexity index is 4420. The lowest BCUT2D eigenvalue weighted by Crippen LogP contribution is -2.50. The van der Waals surface area contributed by atoms with Crippen molar-refractivity contribution in [2.75, 3.05) is 80.4 Å². The van der Waals surface area contributed by atoms with Crippen LogP contribution in [0, 0.1) is 0 Å². The Morgan fingerprint density at radius 2 is 0.507 bits per heavy atom. The number of rotatable bonds is 51. The van der Waals surface area contributed by atoms with Gasteiger partial charge in [-0.25, -0.2) is 43.2 Å². The molecule has 0 radical (unpaired) electrons. The molecule has 0 saturated heterocycles. The van der Waals surface area contributed by atoms with Gasteiger partial charge in [-0.3, -0.25) is 14.4 Å². The molecule has 0 fully saturated rings. The van der Waals surface area contributed by atoms with Gasteiger partial charge in [0, 0.05) is 58.5 Å². The summed E-state index contributed by atoms with van der Waals surface area (Å²) in [6.07, 6.45) is -5.75. The number of hydrogen-bond acceptors (Lipinski definition) is 27. The van der Waals surface area contributed by atoms with Crippen molar-refractivity contribution in [2.45, 2.75) is 253 Å². The molecule has 0 bridgehead atoms. The van der Waals surface area contributed by atoms with Gasteiger partial charge in [0.1, 0.15) is 54.7 Å². The highest BCUT2D eigenvalue weighted by atomic mass is 16.6. The van der Waals surface area contributed by atoms with Gasteiger partial charge in [0.15, 0.2) is 53.2 Å². The molecule has 756 valence electrons. The third-order valence-electron chi connectivity index (χ3n) is 20.3. The molecule has 39 nitrogen and oxygen atoms in total. The summed E-state index contributed by atoms with van der Waals surface area (Å²) >= 11 is 0. The molecular weight excluding hydrogens is 1790 g/mol. The fourth-order valence-corrected chi connectivity index (χ4v) is 13.4. The van der Waals surface area contributed by atoms with Crippen molar-refractivity contribution in [1.29, 1.82) is 0 Å². The van der Waals surface area contributed by atoms with E-state index in [2.05, 4.69) is 63.8 Å². The summed E-state index contributed by atoms with van der Waals surface area (Å²) in [4.78, 5) is 156. The van der Waals surface area contributed by atoms with Crippen LogP contribution in [0.1, 0.15) is 210 Å². The van der Waals surface area contributed by atoms with E-state index in [9.17, 15) is 57.5 Å². The maximum Gasteiger partial charge on any atom is 0.409 e. The fraction of sp³-hybridized carbons (Fsp3) is 0.515. The predicted molar refractivity (Wildman–Crippen MR) is 509 cm³/mol. The normalized spacial score (nSPS) is 12.8. The number of benzene rings is 6. The summed E-state index contributed by atoms with van der Waals surface area (Å²) in [6.45, 7) is 20.8. The number of unbranched alkanes of at least 4 members (excludes halogenated alkanes) is 3. The quantitative estimate of drug-likeness (QED) is 0.00957. The number of ether oxygens (including phenoxy) is 15. The zero-order valence-corrected chi connectivity index (χ0v) is 81.7. The summed E-state index contributed by atoms with van der Waals surface area (Å²) in [7, 11) is 4.55. The van der Waals surface area contributed by atoms with E-state index in [1.54, 1.807) is 62.3 Å². The maximum absolute atomic E-state index is 13.6. The van der Waals surface area contributed by atoms with Crippen molar-refractivity contribution >= 4 is 72.6 Å². The van der Waals surface area contributed by atoms with Crippen molar-refractivity contribution in [3.8, 4) is 34.5 Å². The molecule has 6 aromatic carbocycles. The molecule has 12 N–H and O–H groups in total. The lowest BCUT2D eigenvalue weighted by Gasteiger charge is -2.24. The van der Waals surface area contributed by atoms with Gasteiger partial charge in [-0.2, -0.15) is 0 Å². The first-order valence-corrected chi connectivity index (χ1v) is 46.3. The summed E-state index contributed by atoms with van der Waals surface area (Å²) in [5, 5.41) is 31.9. The monoisotopic (exact) mass is 1930 g/mol. The van der Waals surface area contributed by atoms with E-state index in [0.29, 0.717) is 92.3 Å². The van der Waals surface area contributed by atoms with Gasteiger partial charge in [-0.15, -0.1) is 0 Å². The Morgan fingerprint density at radius 1 is 0.283 bits per heavy atom. The second kappa shape index (κ2) is 57.8. The lowest BCUT2D eigenvalue weighted by atomic mass is 9.94. The molecule has 12 amide bonds. The van der Waals surface area contributed by atoms with E-state index in [0.717, 1.165) is 50.1 Å². The molecule has 0 aliphatic heterocycles. The van der Waals surface area contributed by atoms with Crippen molar-refractivity contribution in [1.82, 2.24) is 63.8 Å². The topological polar surface area (TPSA) is 488 Å². The van der Waals surface area contributed by atoms with Crippen LogP contribution in [0.3, 0.4) is 0 Å². The first kappa shape index (κ1) is 111. The number of hydrogen-bond donors (Lipinski definition) is 12. The third kappa shape index (κ3) is 43.7. The van der Waals surface area contributed by atoms with Crippen LogP contribution in [-0.2, 0) is 96.1 Å². The first-order valence-electron chi connectivity index (χ1n) is 46.3. The van der Waals surface area contributed by atoms with E-state index < -0.39 is 126 Å². The van der Waals surface area contributed by atoms with Crippen molar-refractivity contribution in [3.05, 3.63) is 177 Å². The van der Waals surface area contributed by atoms with Crippen molar-refractivity contribution in [3.63, 3.8) is 0 Å². The number of fused-ring (bicyclic) bond motifs is 3. The van der Waals surface area contributed by atoms with Crippen LogP contribution in [0.5, 0.6) is 34.5 Å². The Labute approximate surface area is 806 Å². The van der Waals surface area contributed by atoms with Gasteiger partial charge < -0.3 is 135 Å². The molecule has 0 heterocycles. The Kier molecular flexibility index (Phi) is 46.4. The summed E-state index contributed by atoms with van der Waals surface area (Å²) < 4.78 is 86.8. The van der Waals surface area contributed by atoms with E-state index >= 15 is 0 Å². The summed E-state index contributed by atoms with van der Waals surface area (Å²) in [6, 6.07) is 35.7. The van der Waals surface area contributed by atoms with Gasteiger partial charge >= 0.3 is 54.8 Å². The molecule has 0 saturated carbocycles. The second-order valence-corrected chi connectivity index (χ2v) is 35.5. The molecule has 7 rings (SSSR count). The Hall–Kier alpha value is -14.0. The molecule has 0 aromatic heterocycles. The molecule has 6 atom stereocenters. The number of carbonyl (C=O) groups is 12. The molecule has 39 heteroatoms. The number of amides is 12. The largest absolute Gasteiger partial charge is 0.493 e. The van der Waals surface area contributed by atoms with Crippen LogP contribution in [0.15, 0.2) is 127 Å². The Balaban J connectivity index is 1.06. The molecule has 138 heavy (non-hydrogen) atoms. The fourth-order valence-electron chi connectivity index (χ4n) is 13.4. The van der Waals surface area contributed by atoms with Gasteiger partial charge in [0.05, 0.1) is 41.2 Å². The standard InChI is InChI=1S/C99H138N12O27/c1-64(106-94(121)136-97(4,5)6)85(112)109-82(40-25-28-43-100-88(115)130-61-67-34-19-16-20-35-67)133-91(118)103-46-31-49-127-79-58-73-52-71-56-77(125-14)81(129-51-33-48-105-93(120)135-84(111-87(114)66(3)108-96(123)138-99(10,11)12)42-27-30-45-102-90(117)132-63-69-38-23-18-24-39-69)60-75(71)54-72-57-78(126-15)80(59-74(72)53-70(73)55-76(79)124-13)128-50-32-47-104-92(119)134-83(110-86(113)65(2)107-95(122)137-98(7,8)9)41-26-29-44-101-89(116)131-62-68-36-21-17-22-37-68/h16-24,34-39,55-60,64-66,82-84H,25-33,40-54,61-63H2,1-15H3,(H,100,115)(H,101,116)(H,102,117)(H,103,118)(H,104,119)(H,105,120)(H,106,121)(H,107,122)(H,108,123)(H,109,112)(H,110,113)(H,111,114)/t64-,65-,66-,82-,83-,84-/m0/s1. The zero-order chi connectivity index (χ0) is 101. The third-order valence-corrected chi connectivity index (χ3v) is 20.3. The number of methoxy groups -OCH3 is 3. The maximum atomic E-state index is 13.6. The van der Waals surface area contributed by atoms with Gasteiger partial charge in [0.2, 0.25) is 17.7 Å². The molecule has 0 spiro atoms. The van der Waals surface area contributed by atoms with E-state index in [-0.39, 0.29) is 117 Å². The SMILES string of the molecule is COc1cc2c(cc1OCCCNC(=O)O[C@@H](CCCCNC(=O)OCc1ccccc1)NC(=O)[C@H](C)NC(=O)OC(C)(C)C)Cc1cc(OC)c(OCCCNC(=O)O[C@@H](CCCCNC(=O)OCc3ccccc3)NC(=O)[C@H](C)NC(=O)OC(C)(C)C)cc1Cc1cc(OC)c(OCCCNC(=O)O[C@@H](CCCCNC(=O)OCc3ccccc3)NC(=O)[C@H](C)NC(=O)OC(C)(C)C)cc1C2. The van der Waals surface area contributed by atoms with Crippen LogP contribution < -0.4 is 92.2 Å². The summed E-state index contributed by atoms with van der Waals surface area (Å²) in [5.41, 5.74) is 4.98. The molecule has 0 unspecified atom stereocenters. The van der Waals surface area contributed by atoms with Crippen LogP contribution in [0.25, 0.3) is 0 Å². The van der Waals surface area contributed by atoms with Crippen LogP contribution in [0.4, 0.5) is 43.2 Å². The smallest absolute Gasteiger partial charge is 0.409 e. The minimum absolute atomic E-state index is 0.0600. The minimum atomic E-state index is -1.16. The van der Waals surface area contributed by atoms with E-state index in [4.69, 9.17) is 71.1 Å². The molecule has 1 aliphatic rings. The van der Waals surface area contributed by atoms with Crippen molar-refractivity contribution < 1.29 is 129 Å². The van der Waals surface area contributed by atoms with Gasteiger partial charge in [0.25, 0.3) is 0 Å². The van der Waals surface area contributed by atoms with E-state index in [1.807, 2.05) is 127 Å². The highest BCUT2D eigenvalue weighted by molar-refractivity contribution is 5.87. The molecular formula is C99H138N12O27. The molecule has 6 aromatic rings. The number of nitrogens with one attached hydrogen (secondary N) is 12. The van der Waals surface area contributed by atoms with Crippen LogP contribution in [0.2, 0.25) is 0 Å². The number of alkyl carbamates (subject to hydrolysis) is 9. The molecule has 1 aliphatic carbocycles. The van der Waals surface area contributed by atoms with Crippen molar-refractivity contribution in [2.24, 2.45) is 0 Å². The first-order chi connectivity index (χ1) is 65.8. The lowest BCUT2D eigenvalue weighted by molar-refractivity contribution is -0.126. The van der Waals surface area contributed by atoms with Crippen LogP contribution >= 0.6 is 0 Å². The van der Waals surface area contributed by atoms with Crippen LogP contribution in [-0.4, -0.2) is 207 Å².